The van der Waals surface area contributed by atoms with Crippen LogP contribution in [0.2, 0.25) is 0 Å². The topological polar surface area (TPSA) is 41.6 Å². The summed E-state index contributed by atoms with van der Waals surface area (Å²) in [5.74, 6) is 0.648. The highest BCUT2D eigenvalue weighted by atomic mass is 16.5. The summed E-state index contributed by atoms with van der Waals surface area (Å²) in [4.78, 5) is 13.8. The Morgan fingerprint density at radius 1 is 1.37 bits per heavy atom. The molecule has 1 atom stereocenters. The second kappa shape index (κ2) is 9.32. The molecule has 1 aliphatic heterocycles. The molecule has 1 N–H and O–H groups in total. The minimum Gasteiger partial charge on any atom is -0.466 e. The first-order valence-electron chi connectivity index (χ1n) is 7.78. The lowest BCUT2D eigenvalue weighted by Gasteiger charge is -2.35. The fraction of sp³-hybridized carbons (Fsp3) is 0.933. The lowest BCUT2D eigenvalue weighted by Crippen LogP contribution is -2.42. The van der Waals surface area contributed by atoms with Gasteiger partial charge in [0.1, 0.15) is 0 Å². The van der Waals surface area contributed by atoms with E-state index in [1.54, 1.807) is 0 Å². The second-order valence-corrected chi connectivity index (χ2v) is 5.48. The van der Waals surface area contributed by atoms with Gasteiger partial charge in [-0.25, -0.2) is 0 Å². The molecule has 4 nitrogen and oxygen atoms in total. The van der Waals surface area contributed by atoms with Gasteiger partial charge < -0.3 is 15.0 Å². The first kappa shape index (κ1) is 16.4. The Balaban J connectivity index is 2.13. The van der Waals surface area contributed by atoms with E-state index in [1.807, 2.05) is 6.92 Å². The van der Waals surface area contributed by atoms with Crippen molar-refractivity contribution in [2.24, 2.45) is 5.92 Å². The van der Waals surface area contributed by atoms with Crippen molar-refractivity contribution in [3.8, 4) is 0 Å². The molecule has 19 heavy (non-hydrogen) atoms. The Kier molecular flexibility index (Phi) is 8.07. The third kappa shape index (κ3) is 6.39. The third-order valence-electron chi connectivity index (χ3n) is 3.98. The molecule has 0 aromatic rings. The third-order valence-corrected chi connectivity index (χ3v) is 3.98. The smallest absolute Gasteiger partial charge is 0.307 e. The number of nitrogens with zero attached hydrogens (tertiary/aromatic N) is 1. The Morgan fingerprint density at radius 2 is 2.05 bits per heavy atom. The number of nitrogens with one attached hydrogen (secondary N) is 1. The lowest BCUT2D eigenvalue weighted by molar-refractivity contribution is -0.143. The predicted molar refractivity (Wildman–Crippen MR) is 78.2 cm³/mol. The summed E-state index contributed by atoms with van der Waals surface area (Å²) in [7, 11) is 0. The van der Waals surface area contributed by atoms with E-state index < -0.39 is 0 Å². The number of carbonyl (C=O) groups excluding carboxylic acids is 1. The van der Waals surface area contributed by atoms with Crippen molar-refractivity contribution in [2.45, 2.75) is 52.5 Å². The zero-order chi connectivity index (χ0) is 14.1. The minimum absolute atomic E-state index is 0.0973. The number of hydrogen-bond donors (Lipinski definition) is 1. The fourth-order valence-electron chi connectivity index (χ4n) is 2.79. The normalized spacial score (nSPS) is 19.3. The summed E-state index contributed by atoms with van der Waals surface area (Å²) in [5, 5.41) is 3.47. The summed E-state index contributed by atoms with van der Waals surface area (Å²) in [6.45, 7) is 11.2. The summed E-state index contributed by atoms with van der Waals surface area (Å²) in [6, 6.07) is 0.498. The fourth-order valence-corrected chi connectivity index (χ4v) is 2.79. The van der Waals surface area contributed by atoms with Crippen molar-refractivity contribution >= 4 is 5.97 Å². The van der Waals surface area contributed by atoms with Crippen LogP contribution in [0.25, 0.3) is 0 Å². The van der Waals surface area contributed by atoms with Crippen LogP contribution in [0, 0.1) is 5.92 Å². The van der Waals surface area contributed by atoms with Gasteiger partial charge in [-0.15, -0.1) is 0 Å². The van der Waals surface area contributed by atoms with Crippen LogP contribution in [0.15, 0.2) is 0 Å². The van der Waals surface area contributed by atoms with Crippen LogP contribution in [0.1, 0.15) is 46.5 Å². The van der Waals surface area contributed by atoms with Crippen molar-refractivity contribution < 1.29 is 9.53 Å². The largest absolute Gasteiger partial charge is 0.466 e. The summed E-state index contributed by atoms with van der Waals surface area (Å²) in [6.07, 6.45) is 4.27. The lowest BCUT2D eigenvalue weighted by atomic mass is 9.90. The van der Waals surface area contributed by atoms with Crippen molar-refractivity contribution in [3.63, 3.8) is 0 Å². The number of rotatable bonds is 8. The van der Waals surface area contributed by atoms with Gasteiger partial charge in [0.05, 0.1) is 13.0 Å². The van der Waals surface area contributed by atoms with Gasteiger partial charge in [-0.3, -0.25) is 4.79 Å². The number of carbonyl (C=O) groups is 1. The van der Waals surface area contributed by atoms with Crippen LogP contribution in [0.4, 0.5) is 0 Å². The SMILES string of the molecule is CCCN1CCC(C(C)NCCC(=O)OCC)CC1. The standard InChI is InChI=1S/C15H30N2O2/c1-4-10-17-11-7-14(8-12-17)13(3)16-9-6-15(18)19-5-2/h13-14,16H,4-12H2,1-3H3. The van der Waals surface area contributed by atoms with Crippen LogP contribution < -0.4 is 5.32 Å². The Morgan fingerprint density at radius 3 is 2.63 bits per heavy atom. The molecule has 112 valence electrons. The van der Waals surface area contributed by atoms with Crippen LogP contribution in [-0.4, -0.2) is 49.7 Å². The van der Waals surface area contributed by atoms with Gasteiger partial charge in [0.25, 0.3) is 0 Å². The molecule has 1 rings (SSSR count). The first-order chi connectivity index (χ1) is 9.17. The number of esters is 1. The van der Waals surface area contributed by atoms with Crippen molar-refractivity contribution in [3.05, 3.63) is 0 Å². The van der Waals surface area contributed by atoms with E-state index in [2.05, 4.69) is 24.1 Å². The molecule has 1 aliphatic rings. The van der Waals surface area contributed by atoms with Gasteiger partial charge >= 0.3 is 5.97 Å². The molecule has 1 heterocycles. The molecule has 1 unspecified atom stereocenters. The van der Waals surface area contributed by atoms with Gasteiger partial charge in [-0.05, 0) is 58.7 Å². The van der Waals surface area contributed by atoms with E-state index in [-0.39, 0.29) is 5.97 Å². The number of hydrogen-bond acceptors (Lipinski definition) is 4. The van der Waals surface area contributed by atoms with Crippen LogP contribution in [0.5, 0.6) is 0 Å². The van der Waals surface area contributed by atoms with E-state index in [9.17, 15) is 4.79 Å². The van der Waals surface area contributed by atoms with Crippen molar-refractivity contribution in [1.82, 2.24) is 10.2 Å². The molecule has 4 heteroatoms. The monoisotopic (exact) mass is 270 g/mol. The molecule has 0 bridgehead atoms. The van der Waals surface area contributed by atoms with Crippen molar-refractivity contribution in [2.75, 3.05) is 32.8 Å². The quantitative estimate of drug-likeness (QED) is 0.685. The summed E-state index contributed by atoms with van der Waals surface area (Å²) < 4.78 is 4.92. The van der Waals surface area contributed by atoms with E-state index >= 15 is 0 Å². The second-order valence-electron chi connectivity index (χ2n) is 5.48. The number of ether oxygens (including phenoxy) is 1. The highest BCUT2D eigenvalue weighted by Gasteiger charge is 2.23. The van der Waals surface area contributed by atoms with Gasteiger partial charge in [0, 0.05) is 12.6 Å². The molecule has 0 radical (unpaired) electrons. The van der Waals surface area contributed by atoms with E-state index in [0.29, 0.717) is 19.1 Å². The van der Waals surface area contributed by atoms with Crippen LogP contribution in [0.3, 0.4) is 0 Å². The molecule has 0 aromatic carbocycles. The van der Waals surface area contributed by atoms with Crippen LogP contribution >= 0.6 is 0 Å². The van der Waals surface area contributed by atoms with Gasteiger partial charge in [-0.2, -0.15) is 0 Å². The average Bonchev–Trinajstić information content (AvgIpc) is 2.40. The van der Waals surface area contributed by atoms with Gasteiger partial charge in [0.2, 0.25) is 0 Å². The summed E-state index contributed by atoms with van der Waals surface area (Å²) >= 11 is 0. The predicted octanol–water partition coefficient (Wildman–Crippen LogP) is 2.04. The maximum Gasteiger partial charge on any atom is 0.307 e. The molecule has 1 saturated heterocycles. The number of likely N-dealkylation sites (tertiary alicyclic amines) is 1. The highest BCUT2D eigenvalue weighted by Crippen LogP contribution is 2.20. The molecule has 0 amide bonds. The zero-order valence-corrected chi connectivity index (χ0v) is 12.8. The minimum atomic E-state index is -0.0973. The molecule has 0 aliphatic carbocycles. The van der Waals surface area contributed by atoms with Gasteiger partial charge in [0.15, 0.2) is 0 Å². The molecule has 0 aromatic heterocycles. The average molecular weight is 270 g/mol. The molecular weight excluding hydrogens is 240 g/mol. The molecule has 1 fully saturated rings. The zero-order valence-electron chi connectivity index (χ0n) is 12.8. The molecular formula is C15H30N2O2. The van der Waals surface area contributed by atoms with E-state index in [1.165, 1.54) is 38.9 Å². The Labute approximate surface area is 117 Å². The maximum absolute atomic E-state index is 11.2. The molecule has 0 saturated carbocycles. The summed E-state index contributed by atoms with van der Waals surface area (Å²) in [5.41, 5.74) is 0. The van der Waals surface area contributed by atoms with Crippen LogP contribution in [-0.2, 0) is 9.53 Å². The van der Waals surface area contributed by atoms with Gasteiger partial charge in [-0.1, -0.05) is 6.92 Å². The van der Waals surface area contributed by atoms with Crippen molar-refractivity contribution in [1.29, 1.82) is 0 Å². The van der Waals surface area contributed by atoms with E-state index in [0.717, 1.165) is 12.5 Å². The Bertz CT molecular complexity index is 251. The maximum atomic E-state index is 11.2. The van der Waals surface area contributed by atoms with E-state index in [4.69, 9.17) is 4.74 Å². The molecule has 0 spiro atoms. The number of piperidine rings is 1. The Hall–Kier alpha value is -0.610. The highest BCUT2D eigenvalue weighted by molar-refractivity contribution is 5.69. The first-order valence-corrected chi connectivity index (χ1v) is 7.78.